The summed E-state index contributed by atoms with van der Waals surface area (Å²) in [5.74, 6) is -0.314. The van der Waals surface area contributed by atoms with Crippen LogP contribution in [-0.2, 0) is 4.74 Å². The molecule has 0 aliphatic rings. The van der Waals surface area contributed by atoms with Gasteiger partial charge in [-0.15, -0.1) is 11.8 Å². The molecule has 4 heteroatoms. The predicted octanol–water partition coefficient (Wildman–Crippen LogP) is 4.41. The maximum atomic E-state index is 11.9. The van der Waals surface area contributed by atoms with Gasteiger partial charge in [-0.25, -0.2) is 4.79 Å². The van der Waals surface area contributed by atoms with E-state index in [1.165, 1.54) is 0 Å². The van der Waals surface area contributed by atoms with Crippen LogP contribution < -0.4 is 0 Å². The number of ether oxygens (including phenoxy) is 1. The highest BCUT2D eigenvalue weighted by Crippen LogP contribution is 2.29. The second-order valence-corrected chi connectivity index (χ2v) is 6.32. The standard InChI is InChI=1S/C13H17ClO2S/c1-8(2)16-13(15)11-7-10(14)5-6-12(11)17-9(3)4/h5-9H,1-4H3. The SMILES string of the molecule is CC(C)OC(=O)c1cc(Cl)ccc1SC(C)C. The summed E-state index contributed by atoms with van der Waals surface area (Å²) in [5, 5.41) is 0.954. The summed E-state index contributed by atoms with van der Waals surface area (Å²) in [6.07, 6.45) is -0.126. The summed E-state index contributed by atoms with van der Waals surface area (Å²) in [4.78, 5) is 12.8. The molecule has 0 spiro atoms. The predicted molar refractivity (Wildman–Crippen MR) is 73.0 cm³/mol. The zero-order valence-corrected chi connectivity index (χ0v) is 12.1. The van der Waals surface area contributed by atoms with Crippen LogP contribution in [0.15, 0.2) is 23.1 Å². The van der Waals surface area contributed by atoms with Gasteiger partial charge in [-0.1, -0.05) is 25.4 Å². The van der Waals surface area contributed by atoms with Crippen LogP contribution in [0.2, 0.25) is 5.02 Å². The second-order valence-electron chi connectivity index (χ2n) is 4.26. The van der Waals surface area contributed by atoms with E-state index in [0.29, 0.717) is 15.8 Å². The molecule has 1 aromatic rings. The third-order valence-electron chi connectivity index (χ3n) is 1.87. The Bertz CT molecular complexity index is 402. The van der Waals surface area contributed by atoms with Gasteiger partial charge in [0.25, 0.3) is 0 Å². The van der Waals surface area contributed by atoms with Gasteiger partial charge >= 0.3 is 5.97 Å². The molecule has 1 aromatic carbocycles. The highest BCUT2D eigenvalue weighted by Gasteiger charge is 2.16. The van der Waals surface area contributed by atoms with E-state index in [4.69, 9.17) is 16.3 Å². The van der Waals surface area contributed by atoms with Crippen LogP contribution in [0.25, 0.3) is 0 Å². The van der Waals surface area contributed by atoms with E-state index in [1.54, 1.807) is 23.9 Å². The first-order valence-corrected chi connectivity index (χ1v) is 6.83. The lowest BCUT2D eigenvalue weighted by molar-refractivity contribution is 0.0374. The van der Waals surface area contributed by atoms with E-state index in [2.05, 4.69) is 13.8 Å². The lowest BCUT2D eigenvalue weighted by Crippen LogP contribution is -2.12. The number of benzene rings is 1. The Hall–Kier alpha value is -0.670. The van der Waals surface area contributed by atoms with Gasteiger partial charge in [-0.05, 0) is 32.0 Å². The first kappa shape index (κ1) is 14.4. The first-order valence-electron chi connectivity index (χ1n) is 5.57. The maximum Gasteiger partial charge on any atom is 0.339 e. The molecule has 0 saturated carbocycles. The lowest BCUT2D eigenvalue weighted by Gasteiger charge is -2.13. The molecule has 0 saturated heterocycles. The Morgan fingerprint density at radius 3 is 2.47 bits per heavy atom. The lowest BCUT2D eigenvalue weighted by atomic mass is 10.2. The molecule has 0 fully saturated rings. The largest absolute Gasteiger partial charge is 0.459 e. The van der Waals surface area contributed by atoms with Crippen molar-refractivity contribution in [3.8, 4) is 0 Å². The van der Waals surface area contributed by atoms with Gasteiger partial charge in [0, 0.05) is 15.2 Å². The van der Waals surface area contributed by atoms with E-state index in [-0.39, 0.29) is 12.1 Å². The zero-order valence-electron chi connectivity index (χ0n) is 10.5. The fourth-order valence-electron chi connectivity index (χ4n) is 1.30. The molecule has 0 unspecified atom stereocenters. The number of halogens is 1. The van der Waals surface area contributed by atoms with Crippen molar-refractivity contribution in [1.82, 2.24) is 0 Å². The molecule has 94 valence electrons. The molecule has 2 nitrogen and oxygen atoms in total. The van der Waals surface area contributed by atoms with Crippen LogP contribution in [0.3, 0.4) is 0 Å². The summed E-state index contributed by atoms with van der Waals surface area (Å²) in [6.45, 7) is 7.82. The molecule has 1 rings (SSSR count). The van der Waals surface area contributed by atoms with Gasteiger partial charge in [0.05, 0.1) is 11.7 Å². The average molecular weight is 273 g/mol. The topological polar surface area (TPSA) is 26.3 Å². The Morgan fingerprint density at radius 2 is 1.94 bits per heavy atom. The Labute approximate surface area is 112 Å². The van der Waals surface area contributed by atoms with E-state index >= 15 is 0 Å². The maximum absolute atomic E-state index is 11.9. The molecule has 0 heterocycles. The van der Waals surface area contributed by atoms with Crippen LogP contribution >= 0.6 is 23.4 Å². The molecule has 17 heavy (non-hydrogen) atoms. The van der Waals surface area contributed by atoms with Crippen molar-refractivity contribution in [1.29, 1.82) is 0 Å². The minimum atomic E-state index is -0.314. The third kappa shape index (κ3) is 4.60. The summed E-state index contributed by atoms with van der Waals surface area (Å²) in [5.41, 5.74) is 0.546. The molecule has 0 N–H and O–H groups in total. The number of carbonyl (C=O) groups excluding carboxylic acids is 1. The highest BCUT2D eigenvalue weighted by atomic mass is 35.5. The van der Waals surface area contributed by atoms with E-state index in [1.807, 2.05) is 19.9 Å². The molecule has 0 amide bonds. The molecular formula is C13H17ClO2S. The molecule has 0 aromatic heterocycles. The highest BCUT2D eigenvalue weighted by molar-refractivity contribution is 8.00. The van der Waals surface area contributed by atoms with Crippen LogP contribution in [0.4, 0.5) is 0 Å². The van der Waals surface area contributed by atoms with Crippen molar-refractivity contribution in [2.45, 2.75) is 43.9 Å². The number of hydrogen-bond acceptors (Lipinski definition) is 3. The number of rotatable bonds is 4. The molecule has 0 aliphatic carbocycles. The van der Waals surface area contributed by atoms with Crippen LogP contribution in [0, 0.1) is 0 Å². The molecule has 0 aliphatic heterocycles. The van der Waals surface area contributed by atoms with Crippen molar-refractivity contribution >= 4 is 29.3 Å². The Kier molecular flexibility index (Phi) is 5.34. The normalized spacial score (nSPS) is 11.0. The molecule has 0 atom stereocenters. The van der Waals surface area contributed by atoms with Gasteiger partial charge in [0.1, 0.15) is 0 Å². The van der Waals surface area contributed by atoms with Gasteiger partial charge in [0.15, 0.2) is 0 Å². The van der Waals surface area contributed by atoms with E-state index < -0.39 is 0 Å². The molecular weight excluding hydrogens is 256 g/mol. The van der Waals surface area contributed by atoms with Gasteiger partial charge in [-0.3, -0.25) is 0 Å². The van der Waals surface area contributed by atoms with Gasteiger partial charge in [0.2, 0.25) is 0 Å². The fraction of sp³-hybridized carbons (Fsp3) is 0.462. The first-order chi connectivity index (χ1) is 7.90. The quantitative estimate of drug-likeness (QED) is 0.600. The molecule has 0 radical (unpaired) electrons. The van der Waals surface area contributed by atoms with Gasteiger partial charge in [-0.2, -0.15) is 0 Å². The van der Waals surface area contributed by atoms with E-state index in [9.17, 15) is 4.79 Å². The fourth-order valence-corrected chi connectivity index (χ4v) is 2.39. The minimum Gasteiger partial charge on any atom is -0.459 e. The summed E-state index contributed by atoms with van der Waals surface area (Å²) >= 11 is 7.55. The van der Waals surface area contributed by atoms with Crippen LogP contribution in [0.1, 0.15) is 38.1 Å². The van der Waals surface area contributed by atoms with Crippen molar-refractivity contribution < 1.29 is 9.53 Å². The third-order valence-corrected chi connectivity index (χ3v) is 3.18. The summed E-state index contributed by atoms with van der Waals surface area (Å²) in [6, 6.07) is 5.32. The minimum absolute atomic E-state index is 0.126. The molecule has 0 bridgehead atoms. The smallest absolute Gasteiger partial charge is 0.339 e. The zero-order chi connectivity index (χ0) is 13.0. The van der Waals surface area contributed by atoms with Crippen molar-refractivity contribution in [3.05, 3.63) is 28.8 Å². The van der Waals surface area contributed by atoms with Crippen molar-refractivity contribution in [2.24, 2.45) is 0 Å². The monoisotopic (exact) mass is 272 g/mol. The van der Waals surface area contributed by atoms with Crippen molar-refractivity contribution in [2.75, 3.05) is 0 Å². The van der Waals surface area contributed by atoms with Crippen LogP contribution in [-0.4, -0.2) is 17.3 Å². The van der Waals surface area contributed by atoms with Gasteiger partial charge < -0.3 is 4.74 Å². The van der Waals surface area contributed by atoms with Crippen molar-refractivity contribution in [3.63, 3.8) is 0 Å². The summed E-state index contributed by atoms with van der Waals surface area (Å²) in [7, 11) is 0. The summed E-state index contributed by atoms with van der Waals surface area (Å²) < 4.78 is 5.20. The number of carbonyl (C=O) groups is 1. The number of hydrogen-bond donors (Lipinski definition) is 0. The Morgan fingerprint density at radius 1 is 1.29 bits per heavy atom. The van der Waals surface area contributed by atoms with Crippen LogP contribution in [0.5, 0.6) is 0 Å². The number of esters is 1. The average Bonchev–Trinajstić information content (AvgIpc) is 2.19. The Balaban J connectivity index is 3.02. The number of thioether (sulfide) groups is 1. The second kappa shape index (κ2) is 6.31. The van der Waals surface area contributed by atoms with E-state index in [0.717, 1.165) is 4.90 Å².